The summed E-state index contributed by atoms with van der Waals surface area (Å²) in [5, 5.41) is 11.2. The van der Waals surface area contributed by atoms with Crippen molar-refractivity contribution in [1.29, 1.82) is 0 Å². The van der Waals surface area contributed by atoms with E-state index in [0.717, 1.165) is 22.0 Å². The van der Waals surface area contributed by atoms with Gasteiger partial charge in [-0.25, -0.2) is 0 Å². The Hall–Kier alpha value is -2.19. The first kappa shape index (κ1) is 9.80. The largest absolute Gasteiger partial charge is 0.384 e. The fourth-order valence-electron chi connectivity index (χ4n) is 2.04. The molecule has 1 aromatic heterocycles. The molecule has 1 atom stereocenters. The van der Waals surface area contributed by atoms with Crippen LogP contribution in [0, 0.1) is 0 Å². The molecular weight excluding hydrogens is 222 g/mol. The Morgan fingerprint density at radius 1 is 1.00 bits per heavy atom. The lowest BCUT2D eigenvalue weighted by molar-refractivity contribution is 0.220. The van der Waals surface area contributed by atoms with Crippen LogP contribution in [0.5, 0.6) is 0 Å². The lowest BCUT2D eigenvalue weighted by Crippen LogP contribution is -1.99. The molecule has 0 fully saturated rings. The van der Waals surface area contributed by atoms with Gasteiger partial charge in [0, 0.05) is 11.6 Å². The van der Waals surface area contributed by atoms with Gasteiger partial charge in [0.25, 0.3) is 0 Å². The minimum atomic E-state index is -0.653. The second-order valence-corrected chi connectivity index (χ2v) is 4.20. The van der Waals surface area contributed by atoms with Crippen molar-refractivity contribution in [3.63, 3.8) is 0 Å². The Kier molecular flexibility index (Phi) is 2.50. The number of hydrogen-bond acceptors (Lipinski definition) is 2. The maximum atomic E-state index is 10.4. The second kappa shape index (κ2) is 4.59. The zero-order chi connectivity index (χ0) is 13.2. The van der Waals surface area contributed by atoms with Crippen LogP contribution in [0.1, 0.15) is 18.6 Å². The Balaban J connectivity index is 2.05. The summed E-state index contributed by atoms with van der Waals surface area (Å²) >= 11 is 0. The summed E-state index contributed by atoms with van der Waals surface area (Å²) < 4.78 is 7.59. The highest BCUT2D eigenvalue weighted by Crippen LogP contribution is 2.24. The molecule has 0 amide bonds. The zero-order valence-electron chi connectivity index (χ0n) is 10.7. The lowest BCUT2D eigenvalue weighted by Gasteiger charge is -2.11. The Morgan fingerprint density at radius 2 is 1.83 bits per heavy atom. The molecule has 2 nitrogen and oxygen atoms in total. The van der Waals surface area contributed by atoms with Crippen molar-refractivity contribution >= 4 is 10.9 Å². The summed E-state index contributed by atoms with van der Waals surface area (Å²) in [5.74, 6) is 0. The number of aliphatic hydroxyl groups is 1. The van der Waals surface area contributed by atoms with Gasteiger partial charge in [0.1, 0.15) is 6.10 Å². The number of rotatable bonds is 2. The van der Waals surface area contributed by atoms with Crippen molar-refractivity contribution in [1.82, 2.24) is 4.98 Å². The van der Waals surface area contributed by atoms with Gasteiger partial charge in [-0.15, -0.1) is 0 Å². The standard InChI is InChI=1S/C16H13NO/c18-16(12-5-2-1-3-6-12)14-8-9-15-13(11-14)7-4-10-17-15/h1-11,16,18H/i4D. The van der Waals surface area contributed by atoms with E-state index in [1.165, 1.54) is 6.20 Å². The summed E-state index contributed by atoms with van der Waals surface area (Å²) in [6.45, 7) is 0. The summed E-state index contributed by atoms with van der Waals surface area (Å²) in [6.07, 6.45) is 0.871. The lowest BCUT2D eigenvalue weighted by atomic mass is 10.00. The van der Waals surface area contributed by atoms with E-state index >= 15 is 0 Å². The van der Waals surface area contributed by atoms with Crippen LogP contribution in [-0.4, -0.2) is 10.1 Å². The third-order valence-electron chi connectivity index (χ3n) is 3.00. The minimum Gasteiger partial charge on any atom is -0.384 e. The van der Waals surface area contributed by atoms with Crippen LogP contribution in [0.15, 0.2) is 66.8 Å². The van der Waals surface area contributed by atoms with Crippen LogP contribution in [-0.2, 0) is 0 Å². The van der Waals surface area contributed by atoms with Crippen molar-refractivity contribution in [3.05, 3.63) is 78.0 Å². The average Bonchev–Trinajstić information content (AvgIpc) is 2.46. The van der Waals surface area contributed by atoms with Crippen molar-refractivity contribution in [2.24, 2.45) is 0 Å². The van der Waals surface area contributed by atoms with Gasteiger partial charge in [-0.1, -0.05) is 42.5 Å². The van der Waals surface area contributed by atoms with Gasteiger partial charge in [-0.3, -0.25) is 4.98 Å². The molecule has 88 valence electrons. The number of hydrogen-bond donors (Lipinski definition) is 1. The van der Waals surface area contributed by atoms with Crippen LogP contribution in [0.3, 0.4) is 0 Å². The molecule has 18 heavy (non-hydrogen) atoms. The van der Waals surface area contributed by atoms with Crippen LogP contribution in [0.2, 0.25) is 0 Å². The summed E-state index contributed by atoms with van der Waals surface area (Å²) in [5.41, 5.74) is 2.50. The zero-order valence-corrected chi connectivity index (χ0v) is 9.75. The first-order chi connectivity index (χ1) is 9.24. The number of nitrogens with zero attached hydrogens (tertiary/aromatic N) is 1. The Bertz CT molecular complexity index is 712. The predicted octanol–water partition coefficient (Wildman–Crippen LogP) is 3.32. The normalized spacial score (nSPS) is 13.3. The van der Waals surface area contributed by atoms with Crippen molar-refractivity contribution in [3.8, 4) is 0 Å². The van der Waals surface area contributed by atoms with E-state index in [1.54, 1.807) is 6.07 Å². The predicted molar refractivity (Wildman–Crippen MR) is 72.2 cm³/mol. The smallest absolute Gasteiger partial charge is 0.104 e. The third-order valence-corrected chi connectivity index (χ3v) is 3.00. The molecular formula is C16H13NO. The number of pyridine rings is 1. The van der Waals surface area contributed by atoms with E-state index in [0.29, 0.717) is 6.04 Å². The highest BCUT2D eigenvalue weighted by Gasteiger charge is 2.10. The summed E-state index contributed by atoms with van der Waals surface area (Å²) in [4.78, 5) is 4.18. The molecule has 0 spiro atoms. The topological polar surface area (TPSA) is 33.1 Å². The molecule has 1 N–H and O–H groups in total. The van der Waals surface area contributed by atoms with E-state index in [4.69, 9.17) is 1.37 Å². The number of benzene rings is 2. The van der Waals surface area contributed by atoms with Gasteiger partial charge in [0.2, 0.25) is 0 Å². The summed E-state index contributed by atoms with van der Waals surface area (Å²) in [7, 11) is 0. The van der Waals surface area contributed by atoms with Gasteiger partial charge in [-0.2, -0.15) is 0 Å². The van der Waals surface area contributed by atoms with Gasteiger partial charge < -0.3 is 5.11 Å². The quantitative estimate of drug-likeness (QED) is 0.740. The number of fused-ring (bicyclic) bond motifs is 1. The summed E-state index contributed by atoms with van der Waals surface area (Å²) in [6, 6.07) is 17.3. The van der Waals surface area contributed by atoms with Gasteiger partial charge in [0.15, 0.2) is 0 Å². The molecule has 0 aliphatic heterocycles. The average molecular weight is 236 g/mol. The Morgan fingerprint density at radius 3 is 2.67 bits per heavy atom. The first-order valence-electron chi connectivity index (χ1n) is 6.33. The third kappa shape index (κ3) is 1.98. The van der Waals surface area contributed by atoms with Crippen molar-refractivity contribution in [2.45, 2.75) is 6.10 Å². The second-order valence-electron chi connectivity index (χ2n) is 4.20. The molecule has 2 heteroatoms. The minimum absolute atomic E-state index is 0.374. The molecule has 2 aromatic carbocycles. The van der Waals surface area contributed by atoms with E-state index in [2.05, 4.69) is 4.98 Å². The van der Waals surface area contributed by atoms with Crippen LogP contribution < -0.4 is 0 Å². The monoisotopic (exact) mass is 236 g/mol. The molecule has 0 saturated carbocycles. The fraction of sp³-hybridized carbons (Fsp3) is 0.0625. The number of aromatic nitrogens is 1. The van der Waals surface area contributed by atoms with Gasteiger partial charge >= 0.3 is 0 Å². The fourth-order valence-corrected chi connectivity index (χ4v) is 2.04. The Labute approximate surface area is 107 Å². The number of aliphatic hydroxyl groups excluding tert-OH is 1. The maximum Gasteiger partial charge on any atom is 0.104 e. The van der Waals surface area contributed by atoms with E-state index in [9.17, 15) is 5.11 Å². The molecule has 0 aliphatic rings. The molecule has 0 radical (unpaired) electrons. The molecule has 3 aromatic rings. The molecule has 0 aliphatic carbocycles. The molecule has 1 unspecified atom stereocenters. The van der Waals surface area contributed by atoms with Gasteiger partial charge in [-0.05, 0) is 29.3 Å². The molecule has 0 bridgehead atoms. The van der Waals surface area contributed by atoms with Gasteiger partial charge in [0.05, 0.1) is 6.89 Å². The van der Waals surface area contributed by atoms with E-state index in [-0.39, 0.29) is 0 Å². The maximum absolute atomic E-state index is 10.4. The SMILES string of the molecule is [2H]c1cnc2ccc(C(O)c3ccccc3)cc2c1. The van der Waals surface area contributed by atoms with Crippen LogP contribution >= 0.6 is 0 Å². The highest BCUT2D eigenvalue weighted by atomic mass is 16.3. The molecule has 1 heterocycles. The van der Waals surface area contributed by atoms with Crippen molar-refractivity contribution in [2.75, 3.05) is 0 Å². The molecule has 3 rings (SSSR count). The first-order valence-corrected chi connectivity index (χ1v) is 5.83. The van der Waals surface area contributed by atoms with E-state index < -0.39 is 6.10 Å². The van der Waals surface area contributed by atoms with Crippen molar-refractivity contribution < 1.29 is 6.48 Å². The molecule has 0 saturated heterocycles. The van der Waals surface area contributed by atoms with E-state index in [1.807, 2.05) is 48.5 Å². The van der Waals surface area contributed by atoms with Crippen LogP contribution in [0.4, 0.5) is 0 Å². The highest BCUT2D eigenvalue weighted by molar-refractivity contribution is 5.79. The van der Waals surface area contributed by atoms with Crippen LogP contribution in [0.25, 0.3) is 10.9 Å².